The Balaban J connectivity index is 1.63. The van der Waals surface area contributed by atoms with Crippen LogP contribution in [0, 0.1) is 26.6 Å². The predicted octanol–water partition coefficient (Wildman–Crippen LogP) is 5.97. The monoisotopic (exact) mass is 433 g/mol. The fourth-order valence-electron chi connectivity index (χ4n) is 4.97. The quantitative estimate of drug-likeness (QED) is 0.480. The first-order valence-corrected chi connectivity index (χ1v) is 11.6. The van der Waals surface area contributed by atoms with E-state index in [1.54, 1.807) is 24.4 Å². The molecule has 3 aromatic rings. The van der Waals surface area contributed by atoms with E-state index < -0.39 is 5.82 Å². The first kappa shape index (κ1) is 22.3. The lowest BCUT2D eigenvalue weighted by Crippen LogP contribution is -2.42. The van der Waals surface area contributed by atoms with Gasteiger partial charge in [-0.15, -0.1) is 0 Å². The van der Waals surface area contributed by atoms with Crippen LogP contribution in [0.25, 0.3) is 0 Å². The fraction of sp³-hybridized carbons (Fsp3) is 0.407. The summed E-state index contributed by atoms with van der Waals surface area (Å²) in [6.45, 7) is 7.49. The molecule has 0 bridgehead atoms. The van der Waals surface area contributed by atoms with Crippen LogP contribution in [-0.2, 0) is 13.1 Å². The average molecular weight is 434 g/mol. The summed E-state index contributed by atoms with van der Waals surface area (Å²) >= 11 is 0. The van der Waals surface area contributed by atoms with E-state index in [4.69, 9.17) is 0 Å². The number of benzene rings is 2. The Hall–Kier alpha value is -2.95. The minimum atomic E-state index is -0.465. The highest BCUT2D eigenvalue weighted by Gasteiger charge is 2.29. The van der Waals surface area contributed by atoms with Crippen molar-refractivity contribution in [3.05, 3.63) is 88.3 Å². The number of aryl methyl sites for hydroxylation is 3. The topological polar surface area (TPSA) is 38.1 Å². The van der Waals surface area contributed by atoms with E-state index in [9.17, 15) is 9.18 Å². The normalized spacial score (nSPS) is 14.5. The summed E-state index contributed by atoms with van der Waals surface area (Å²) in [5.41, 5.74) is 5.19. The van der Waals surface area contributed by atoms with Gasteiger partial charge in [-0.3, -0.25) is 4.79 Å². The van der Waals surface area contributed by atoms with Crippen molar-refractivity contribution in [1.82, 2.24) is 14.5 Å². The average Bonchev–Trinajstić information content (AvgIpc) is 3.22. The molecule has 1 aromatic heterocycles. The summed E-state index contributed by atoms with van der Waals surface area (Å²) in [5, 5.41) is 0. The van der Waals surface area contributed by atoms with Crippen LogP contribution in [0.4, 0.5) is 4.39 Å². The molecule has 0 radical (unpaired) electrons. The summed E-state index contributed by atoms with van der Waals surface area (Å²) in [6.07, 6.45) is 9.07. The molecule has 0 N–H and O–H groups in total. The van der Waals surface area contributed by atoms with Crippen LogP contribution >= 0.6 is 0 Å². The molecule has 0 spiro atoms. The van der Waals surface area contributed by atoms with Crippen molar-refractivity contribution in [2.75, 3.05) is 0 Å². The van der Waals surface area contributed by atoms with Crippen LogP contribution in [-0.4, -0.2) is 26.4 Å². The molecule has 5 heteroatoms. The number of hydrogen-bond acceptors (Lipinski definition) is 2. The number of halogens is 1. The van der Waals surface area contributed by atoms with Crippen LogP contribution < -0.4 is 0 Å². The molecule has 0 atom stereocenters. The van der Waals surface area contributed by atoms with Gasteiger partial charge in [0.05, 0.1) is 12.1 Å². The molecule has 0 aliphatic heterocycles. The van der Waals surface area contributed by atoms with Gasteiger partial charge in [0.15, 0.2) is 0 Å². The van der Waals surface area contributed by atoms with Gasteiger partial charge in [0.2, 0.25) is 0 Å². The van der Waals surface area contributed by atoms with Gasteiger partial charge in [-0.1, -0.05) is 49.1 Å². The Labute approximate surface area is 190 Å². The maximum atomic E-state index is 14.5. The highest BCUT2D eigenvalue weighted by molar-refractivity contribution is 5.94. The van der Waals surface area contributed by atoms with E-state index in [2.05, 4.69) is 42.5 Å². The van der Waals surface area contributed by atoms with Crippen molar-refractivity contribution in [3.63, 3.8) is 0 Å². The van der Waals surface area contributed by atoms with Gasteiger partial charge in [-0.2, -0.15) is 0 Å². The molecule has 1 fully saturated rings. The molecule has 1 aliphatic rings. The molecule has 4 rings (SSSR count). The summed E-state index contributed by atoms with van der Waals surface area (Å²) < 4.78 is 16.6. The van der Waals surface area contributed by atoms with Gasteiger partial charge < -0.3 is 9.47 Å². The number of carbonyl (C=O) groups is 1. The van der Waals surface area contributed by atoms with Crippen LogP contribution in [0.5, 0.6) is 0 Å². The van der Waals surface area contributed by atoms with Crippen molar-refractivity contribution in [2.45, 2.75) is 72.0 Å². The molecule has 168 valence electrons. The number of carbonyl (C=O) groups excluding carboxylic acids is 1. The second kappa shape index (κ2) is 9.68. The molecule has 0 saturated heterocycles. The number of hydrogen-bond donors (Lipinski definition) is 0. The zero-order valence-electron chi connectivity index (χ0n) is 19.3. The van der Waals surface area contributed by atoms with Gasteiger partial charge in [-0.25, -0.2) is 9.37 Å². The van der Waals surface area contributed by atoms with Crippen LogP contribution in [0.1, 0.15) is 70.5 Å². The second-order valence-corrected chi connectivity index (χ2v) is 9.05. The predicted molar refractivity (Wildman–Crippen MR) is 125 cm³/mol. The van der Waals surface area contributed by atoms with Gasteiger partial charge in [-0.05, 0) is 62.4 Å². The Morgan fingerprint density at radius 3 is 2.47 bits per heavy atom. The second-order valence-electron chi connectivity index (χ2n) is 9.05. The maximum Gasteiger partial charge on any atom is 0.257 e. The maximum absolute atomic E-state index is 14.5. The highest BCUT2D eigenvalue weighted by atomic mass is 19.1. The first-order chi connectivity index (χ1) is 15.4. The van der Waals surface area contributed by atoms with E-state index in [1.807, 2.05) is 11.1 Å². The molecule has 1 saturated carbocycles. The largest absolute Gasteiger partial charge is 0.329 e. The van der Waals surface area contributed by atoms with E-state index in [-0.39, 0.29) is 17.5 Å². The SMILES string of the molecule is Cc1cc(C)c(Cn2ccnc2CN(C(=O)c2ccccc2F)C2CCCCC2)c(C)c1. The van der Waals surface area contributed by atoms with Crippen LogP contribution in [0.3, 0.4) is 0 Å². The third-order valence-corrected chi connectivity index (χ3v) is 6.66. The fourth-order valence-corrected chi connectivity index (χ4v) is 4.97. The molecule has 1 aliphatic carbocycles. The lowest BCUT2D eigenvalue weighted by molar-refractivity contribution is 0.0600. The summed E-state index contributed by atoms with van der Waals surface area (Å²) in [4.78, 5) is 19.9. The minimum absolute atomic E-state index is 0.115. The third-order valence-electron chi connectivity index (χ3n) is 6.66. The van der Waals surface area contributed by atoms with Crippen molar-refractivity contribution in [1.29, 1.82) is 0 Å². The van der Waals surface area contributed by atoms with E-state index in [0.29, 0.717) is 13.1 Å². The van der Waals surface area contributed by atoms with Crippen molar-refractivity contribution < 1.29 is 9.18 Å². The van der Waals surface area contributed by atoms with E-state index >= 15 is 0 Å². The third kappa shape index (κ3) is 4.77. The lowest BCUT2D eigenvalue weighted by atomic mass is 9.93. The Kier molecular flexibility index (Phi) is 6.73. The Bertz CT molecular complexity index is 1070. The van der Waals surface area contributed by atoms with Crippen molar-refractivity contribution in [3.8, 4) is 0 Å². The molecule has 1 amide bonds. The molecule has 32 heavy (non-hydrogen) atoms. The smallest absolute Gasteiger partial charge is 0.257 e. The van der Waals surface area contributed by atoms with E-state index in [0.717, 1.165) is 31.5 Å². The Morgan fingerprint density at radius 2 is 1.78 bits per heavy atom. The van der Waals surface area contributed by atoms with Crippen LogP contribution in [0.2, 0.25) is 0 Å². The standard InChI is InChI=1S/C27H32FN3O/c1-19-15-20(2)24(21(3)16-19)17-30-14-13-29-26(30)18-31(22-9-5-4-6-10-22)27(32)23-11-7-8-12-25(23)28/h7-8,11-16,22H,4-6,9-10,17-18H2,1-3H3. The summed E-state index contributed by atoms with van der Waals surface area (Å²) in [5.74, 6) is 0.124. The number of imidazole rings is 1. The summed E-state index contributed by atoms with van der Waals surface area (Å²) in [7, 11) is 0. The van der Waals surface area contributed by atoms with Gasteiger partial charge in [0, 0.05) is 25.0 Å². The highest BCUT2D eigenvalue weighted by Crippen LogP contribution is 2.27. The molecule has 2 aromatic carbocycles. The number of aromatic nitrogens is 2. The molecule has 4 nitrogen and oxygen atoms in total. The number of nitrogens with zero attached hydrogens (tertiary/aromatic N) is 3. The van der Waals surface area contributed by atoms with Crippen LogP contribution in [0.15, 0.2) is 48.8 Å². The van der Waals surface area contributed by atoms with Gasteiger partial charge in [0.1, 0.15) is 11.6 Å². The zero-order chi connectivity index (χ0) is 22.7. The molecular weight excluding hydrogens is 401 g/mol. The summed E-state index contributed by atoms with van der Waals surface area (Å²) in [6, 6.07) is 10.8. The van der Waals surface area contributed by atoms with E-state index in [1.165, 1.54) is 34.7 Å². The lowest BCUT2D eigenvalue weighted by Gasteiger charge is -2.34. The number of rotatable bonds is 6. The number of amides is 1. The minimum Gasteiger partial charge on any atom is -0.329 e. The molecule has 1 heterocycles. The van der Waals surface area contributed by atoms with Crippen molar-refractivity contribution >= 4 is 5.91 Å². The van der Waals surface area contributed by atoms with Gasteiger partial charge in [0.25, 0.3) is 5.91 Å². The Morgan fingerprint density at radius 1 is 1.09 bits per heavy atom. The zero-order valence-corrected chi connectivity index (χ0v) is 19.3. The van der Waals surface area contributed by atoms with Crippen molar-refractivity contribution in [2.24, 2.45) is 0 Å². The molecular formula is C27H32FN3O. The van der Waals surface area contributed by atoms with Gasteiger partial charge >= 0.3 is 0 Å². The first-order valence-electron chi connectivity index (χ1n) is 11.6. The molecule has 0 unspecified atom stereocenters.